The molecule has 1 atom stereocenters. The minimum Gasteiger partial charge on any atom is -0.493 e. The van der Waals surface area contributed by atoms with Crippen LogP contribution >= 0.6 is 0 Å². The third kappa shape index (κ3) is 6.40. The molecule has 164 valence electrons. The molecule has 0 spiro atoms. The van der Waals surface area contributed by atoms with Gasteiger partial charge in [0.1, 0.15) is 12.7 Å². The molecule has 0 unspecified atom stereocenters. The fraction of sp³-hybridized carbons (Fsp3) is 0.522. The Morgan fingerprint density at radius 1 is 1.20 bits per heavy atom. The number of benzene rings is 1. The highest BCUT2D eigenvalue weighted by Gasteiger charge is 2.18. The van der Waals surface area contributed by atoms with Crippen molar-refractivity contribution in [2.75, 3.05) is 53.6 Å². The first-order valence-electron chi connectivity index (χ1n) is 10.4. The predicted molar refractivity (Wildman–Crippen MR) is 116 cm³/mol. The topological polar surface area (TPSA) is 67.3 Å². The van der Waals surface area contributed by atoms with Crippen molar-refractivity contribution in [3.63, 3.8) is 0 Å². The number of aliphatic hydroxyl groups excluding tert-OH is 1. The van der Waals surface area contributed by atoms with Crippen LogP contribution in [0.2, 0.25) is 0 Å². The summed E-state index contributed by atoms with van der Waals surface area (Å²) in [5, 5.41) is 10.5. The number of rotatable bonds is 10. The Morgan fingerprint density at radius 3 is 2.70 bits per heavy atom. The van der Waals surface area contributed by atoms with E-state index in [4.69, 9.17) is 14.2 Å². The molecule has 1 aromatic heterocycles. The molecule has 1 saturated heterocycles. The van der Waals surface area contributed by atoms with Gasteiger partial charge in [0.25, 0.3) is 0 Å². The van der Waals surface area contributed by atoms with Crippen LogP contribution in [0.4, 0.5) is 0 Å². The Labute approximate surface area is 179 Å². The van der Waals surface area contributed by atoms with Crippen LogP contribution in [-0.4, -0.2) is 79.6 Å². The summed E-state index contributed by atoms with van der Waals surface area (Å²) in [4.78, 5) is 8.60. The maximum Gasteiger partial charge on any atom is 0.165 e. The molecule has 7 nitrogen and oxygen atoms in total. The number of β-amino-alcohol motifs (C(OH)–C–C–N with tert-alkyl or cyclic N) is 1. The van der Waals surface area contributed by atoms with Gasteiger partial charge in [-0.15, -0.1) is 0 Å². The van der Waals surface area contributed by atoms with E-state index in [1.54, 1.807) is 7.11 Å². The van der Waals surface area contributed by atoms with Gasteiger partial charge >= 0.3 is 0 Å². The van der Waals surface area contributed by atoms with Crippen molar-refractivity contribution < 1.29 is 19.3 Å². The summed E-state index contributed by atoms with van der Waals surface area (Å²) < 4.78 is 17.0. The zero-order valence-corrected chi connectivity index (χ0v) is 18.2. The molecular formula is C23H33N3O4. The van der Waals surface area contributed by atoms with E-state index in [1.807, 2.05) is 30.6 Å². The number of aromatic nitrogens is 1. The lowest BCUT2D eigenvalue weighted by molar-refractivity contribution is 0.00431. The number of hydrogen-bond donors (Lipinski definition) is 1. The SMILES string of the molecule is COc1cccc(CN(C)Cc2ccncc2C)c1OC[C@@H](O)CN1CCOCC1. The molecule has 2 heterocycles. The number of ether oxygens (including phenoxy) is 3. The summed E-state index contributed by atoms with van der Waals surface area (Å²) in [5.74, 6) is 1.37. The summed E-state index contributed by atoms with van der Waals surface area (Å²) in [6.45, 7) is 7.50. The molecule has 1 N–H and O–H groups in total. The number of methoxy groups -OCH3 is 1. The maximum absolute atomic E-state index is 10.5. The fourth-order valence-corrected chi connectivity index (χ4v) is 3.64. The van der Waals surface area contributed by atoms with Gasteiger partial charge in [-0.3, -0.25) is 14.8 Å². The average Bonchev–Trinajstić information content (AvgIpc) is 2.75. The van der Waals surface area contributed by atoms with Crippen molar-refractivity contribution in [2.45, 2.75) is 26.1 Å². The van der Waals surface area contributed by atoms with Crippen LogP contribution in [0.25, 0.3) is 0 Å². The van der Waals surface area contributed by atoms with Crippen molar-refractivity contribution in [2.24, 2.45) is 0 Å². The Morgan fingerprint density at radius 2 is 1.97 bits per heavy atom. The lowest BCUT2D eigenvalue weighted by Crippen LogP contribution is -2.42. The molecule has 1 aliphatic heterocycles. The number of aliphatic hydroxyl groups is 1. The summed E-state index contributed by atoms with van der Waals surface area (Å²) in [6.07, 6.45) is 3.14. The molecule has 1 aliphatic rings. The molecule has 0 amide bonds. The van der Waals surface area contributed by atoms with E-state index in [9.17, 15) is 5.11 Å². The van der Waals surface area contributed by atoms with Gasteiger partial charge in [-0.1, -0.05) is 12.1 Å². The zero-order chi connectivity index (χ0) is 21.3. The number of hydrogen-bond acceptors (Lipinski definition) is 7. The van der Waals surface area contributed by atoms with Crippen molar-refractivity contribution in [1.82, 2.24) is 14.8 Å². The molecule has 0 bridgehead atoms. The maximum atomic E-state index is 10.5. The van der Waals surface area contributed by atoms with Crippen LogP contribution in [0, 0.1) is 6.92 Å². The molecular weight excluding hydrogens is 382 g/mol. The highest BCUT2D eigenvalue weighted by atomic mass is 16.5. The molecule has 1 aromatic carbocycles. The van der Waals surface area contributed by atoms with Gasteiger partial charge in [-0.05, 0) is 37.2 Å². The molecule has 3 rings (SSSR count). The van der Waals surface area contributed by atoms with Crippen LogP contribution in [0.5, 0.6) is 11.5 Å². The van der Waals surface area contributed by atoms with Crippen molar-refractivity contribution in [3.8, 4) is 11.5 Å². The van der Waals surface area contributed by atoms with Crippen LogP contribution < -0.4 is 9.47 Å². The first-order valence-corrected chi connectivity index (χ1v) is 10.4. The molecule has 1 fully saturated rings. The summed E-state index contributed by atoms with van der Waals surface area (Å²) in [5.41, 5.74) is 3.46. The molecule has 0 radical (unpaired) electrons. The summed E-state index contributed by atoms with van der Waals surface area (Å²) in [7, 11) is 3.72. The van der Waals surface area contributed by atoms with Gasteiger partial charge in [-0.25, -0.2) is 0 Å². The third-order valence-electron chi connectivity index (χ3n) is 5.29. The van der Waals surface area contributed by atoms with E-state index in [0.717, 1.165) is 25.2 Å². The lowest BCUT2D eigenvalue weighted by Gasteiger charge is -2.28. The second-order valence-corrected chi connectivity index (χ2v) is 7.80. The van der Waals surface area contributed by atoms with Crippen molar-refractivity contribution in [3.05, 3.63) is 53.3 Å². The van der Waals surface area contributed by atoms with Crippen LogP contribution in [0.1, 0.15) is 16.7 Å². The Bertz CT molecular complexity index is 796. The quantitative estimate of drug-likeness (QED) is 0.637. The van der Waals surface area contributed by atoms with Gasteiger partial charge in [-0.2, -0.15) is 0 Å². The van der Waals surface area contributed by atoms with E-state index in [-0.39, 0.29) is 6.61 Å². The standard InChI is InChI=1S/C23H33N3O4/c1-18-13-24-8-7-19(18)14-25(2)15-20-5-4-6-22(28-3)23(20)30-17-21(27)16-26-9-11-29-12-10-26/h4-8,13,21,27H,9-12,14-17H2,1-3H3/t21-/m0/s1. The number of nitrogens with zero attached hydrogens (tertiary/aromatic N) is 3. The number of morpholine rings is 1. The van der Waals surface area contributed by atoms with Crippen molar-refractivity contribution >= 4 is 0 Å². The highest BCUT2D eigenvalue weighted by molar-refractivity contribution is 5.46. The smallest absolute Gasteiger partial charge is 0.165 e. The summed E-state index contributed by atoms with van der Waals surface area (Å²) >= 11 is 0. The van der Waals surface area contributed by atoms with Gasteiger partial charge in [0, 0.05) is 50.7 Å². The Hall–Kier alpha value is -2.19. The van der Waals surface area contributed by atoms with Crippen LogP contribution in [0.15, 0.2) is 36.7 Å². The molecule has 7 heteroatoms. The second kappa shape index (κ2) is 11.3. The molecule has 30 heavy (non-hydrogen) atoms. The van der Waals surface area contributed by atoms with Crippen molar-refractivity contribution in [1.29, 1.82) is 0 Å². The van der Waals surface area contributed by atoms with Crippen LogP contribution in [0.3, 0.4) is 0 Å². The second-order valence-electron chi connectivity index (χ2n) is 7.80. The third-order valence-corrected chi connectivity index (χ3v) is 5.29. The van der Waals surface area contributed by atoms with Gasteiger partial charge in [0.2, 0.25) is 0 Å². The molecule has 2 aromatic rings. The largest absolute Gasteiger partial charge is 0.493 e. The monoisotopic (exact) mass is 415 g/mol. The molecule has 0 saturated carbocycles. The number of para-hydroxylation sites is 1. The van der Waals surface area contributed by atoms with E-state index in [1.165, 1.54) is 11.1 Å². The minimum absolute atomic E-state index is 0.220. The lowest BCUT2D eigenvalue weighted by atomic mass is 10.1. The Balaban J connectivity index is 1.62. The summed E-state index contributed by atoms with van der Waals surface area (Å²) in [6, 6.07) is 7.95. The van der Waals surface area contributed by atoms with E-state index < -0.39 is 6.10 Å². The molecule has 0 aliphatic carbocycles. The van der Waals surface area contributed by atoms with E-state index in [2.05, 4.69) is 34.8 Å². The number of aryl methyl sites for hydroxylation is 1. The van der Waals surface area contributed by atoms with E-state index >= 15 is 0 Å². The van der Waals surface area contributed by atoms with Crippen LogP contribution in [-0.2, 0) is 17.8 Å². The van der Waals surface area contributed by atoms with Gasteiger partial charge in [0.15, 0.2) is 11.5 Å². The average molecular weight is 416 g/mol. The first-order chi connectivity index (χ1) is 14.6. The Kier molecular flexibility index (Phi) is 8.45. The van der Waals surface area contributed by atoms with E-state index in [0.29, 0.717) is 37.8 Å². The minimum atomic E-state index is -0.571. The van der Waals surface area contributed by atoms with Gasteiger partial charge in [0.05, 0.1) is 20.3 Å². The number of pyridine rings is 1. The zero-order valence-electron chi connectivity index (χ0n) is 18.2. The fourth-order valence-electron chi connectivity index (χ4n) is 3.64. The first kappa shape index (κ1) is 22.5. The van der Waals surface area contributed by atoms with Gasteiger partial charge < -0.3 is 19.3 Å². The normalized spacial score (nSPS) is 15.9. The predicted octanol–water partition coefficient (Wildman–Crippen LogP) is 2.10. The highest BCUT2D eigenvalue weighted by Crippen LogP contribution is 2.32.